The molecule has 8 heteroatoms. The number of carbonyl (C=O) groups is 1. The number of hydrogen-bond acceptors (Lipinski definition) is 4. The maximum absolute atomic E-state index is 12.0. The number of methoxy groups -OCH3 is 1. The van der Waals surface area contributed by atoms with Crippen LogP contribution in [0.4, 0.5) is 0 Å². The van der Waals surface area contributed by atoms with Crippen LogP contribution in [-0.4, -0.2) is 57.2 Å². The first kappa shape index (κ1) is 26.5. The third-order valence-electron chi connectivity index (χ3n) is 4.31. The van der Waals surface area contributed by atoms with Crippen molar-refractivity contribution >= 4 is 35.8 Å². The Balaban J connectivity index is 0.00000480. The average molecular weight is 540 g/mol. The van der Waals surface area contributed by atoms with Gasteiger partial charge in [0.25, 0.3) is 5.91 Å². The van der Waals surface area contributed by atoms with E-state index in [0.717, 1.165) is 23.6 Å². The van der Waals surface area contributed by atoms with Crippen molar-refractivity contribution in [3.63, 3.8) is 0 Å². The molecule has 0 aliphatic heterocycles. The highest BCUT2D eigenvalue weighted by Gasteiger charge is 2.08. The normalized spacial score (nSPS) is 11.7. The van der Waals surface area contributed by atoms with Gasteiger partial charge in [-0.3, -0.25) is 4.79 Å². The molecular formula is C23H33IN4O3. The number of aliphatic imine (C=N–C) groups is 1. The van der Waals surface area contributed by atoms with Gasteiger partial charge in [0.15, 0.2) is 5.96 Å². The SMILES string of the molecule is CCNC(=NCc1ccc(C(=O)N(C)C)cc1)NCC(C)Oc1cccc(OC)c1.I. The Labute approximate surface area is 202 Å². The predicted molar refractivity (Wildman–Crippen MR) is 136 cm³/mol. The van der Waals surface area contributed by atoms with E-state index in [1.807, 2.05) is 62.4 Å². The highest BCUT2D eigenvalue weighted by atomic mass is 127. The molecule has 0 spiro atoms. The molecule has 0 fully saturated rings. The molecule has 1 unspecified atom stereocenters. The van der Waals surface area contributed by atoms with Crippen LogP contribution in [0.3, 0.4) is 0 Å². The highest BCUT2D eigenvalue weighted by Crippen LogP contribution is 2.19. The van der Waals surface area contributed by atoms with E-state index in [0.29, 0.717) is 24.6 Å². The fraction of sp³-hybridized carbons (Fsp3) is 0.391. The molecule has 170 valence electrons. The Morgan fingerprint density at radius 2 is 1.77 bits per heavy atom. The van der Waals surface area contributed by atoms with Gasteiger partial charge in [0.2, 0.25) is 0 Å². The number of halogens is 1. The molecule has 0 saturated heterocycles. The number of carbonyl (C=O) groups excluding carboxylic acids is 1. The Kier molecular flexibility index (Phi) is 11.8. The van der Waals surface area contributed by atoms with Gasteiger partial charge < -0.3 is 25.0 Å². The van der Waals surface area contributed by atoms with E-state index in [2.05, 4.69) is 15.6 Å². The van der Waals surface area contributed by atoms with E-state index in [9.17, 15) is 4.79 Å². The van der Waals surface area contributed by atoms with E-state index in [-0.39, 0.29) is 36.0 Å². The van der Waals surface area contributed by atoms with Crippen LogP contribution in [0, 0.1) is 0 Å². The van der Waals surface area contributed by atoms with Gasteiger partial charge in [0.05, 0.1) is 20.2 Å². The molecule has 0 aliphatic carbocycles. The second-order valence-electron chi connectivity index (χ2n) is 7.08. The first-order valence-electron chi connectivity index (χ1n) is 10.1. The van der Waals surface area contributed by atoms with Crippen molar-refractivity contribution in [2.24, 2.45) is 4.99 Å². The monoisotopic (exact) mass is 540 g/mol. The first-order valence-corrected chi connectivity index (χ1v) is 10.1. The molecule has 0 bridgehead atoms. The van der Waals surface area contributed by atoms with Crippen LogP contribution in [0.2, 0.25) is 0 Å². The minimum atomic E-state index is -0.0581. The van der Waals surface area contributed by atoms with Crippen molar-refractivity contribution in [3.8, 4) is 11.5 Å². The lowest BCUT2D eigenvalue weighted by atomic mass is 10.1. The summed E-state index contributed by atoms with van der Waals surface area (Å²) in [5.41, 5.74) is 1.70. The molecule has 0 saturated carbocycles. The number of amides is 1. The molecule has 0 aromatic heterocycles. The molecule has 2 aromatic carbocycles. The fourth-order valence-electron chi connectivity index (χ4n) is 2.71. The summed E-state index contributed by atoms with van der Waals surface area (Å²) in [6.07, 6.45) is -0.0581. The minimum absolute atomic E-state index is 0. The lowest BCUT2D eigenvalue weighted by Crippen LogP contribution is -2.41. The molecule has 1 amide bonds. The number of ether oxygens (including phenoxy) is 2. The van der Waals surface area contributed by atoms with Crippen molar-refractivity contribution in [2.75, 3.05) is 34.3 Å². The van der Waals surface area contributed by atoms with Crippen LogP contribution < -0.4 is 20.1 Å². The summed E-state index contributed by atoms with van der Waals surface area (Å²) in [4.78, 5) is 18.2. The third kappa shape index (κ3) is 9.04. The van der Waals surface area contributed by atoms with Gasteiger partial charge in [-0.25, -0.2) is 4.99 Å². The molecule has 0 heterocycles. The van der Waals surface area contributed by atoms with Gasteiger partial charge >= 0.3 is 0 Å². The van der Waals surface area contributed by atoms with Crippen molar-refractivity contribution < 1.29 is 14.3 Å². The Bertz CT molecular complexity index is 841. The number of nitrogens with zero attached hydrogens (tertiary/aromatic N) is 2. The molecule has 2 rings (SSSR count). The first-order chi connectivity index (χ1) is 14.4. The van der Waals surface area contributed by atoms with Crippen LogP contribution in [-0.2, 0) is 6.54 Å². The van der Waals surface area contributed by atoms with Crippen molar-refractivity contribution in [1.82, 2.24) is 15.5 Å². The van der Waals surface area contributed by atoms with Crippen LogP contribution in [0.25, 0.3) is 0 Å². The average Bonchev–Trinajstić information content (AvgIpc) is 2.75. The summed E-state index contributed by atoms with van der Waals surface area (Å²) >= 11 is 0. The van der Waals surface area contributed by atoms with Crippen LogP contribution in [0.1, 0.15) is 29.8 Å². The van der Waals surface area contributed by atoms with Gasteiger partial charge in [-0.1, -0.05) is 18.2 Å². The maximum atomic E-state index is 12.0. The Morgan fingerprint density at radius 3 is 2.39 bits per heavy atom. The summed E-state index contributed by atoms with van der Waals surface area (Å²) in [6.45, 7) is 5.88. The number of benzene rings is 2. The standard InChI is InChI=1S/C23H32N4O3.HI/c1-6-24-23(25-15-17(2)30-21-9-7-8-20(14-21)29-5)26-16-18-10-12-19(13-11-18)22(28)27(3)4;/h7-14,17H,6,15-16H2,1-5H3,(H2,24,25,26);1H. The van der Waals surface area contributed by atoms with Crippen molar-refractivity contribution in [1.29, 1.82) is 0 Å². The summed E-state index contributed by atoms with van der Waals surface area (Å²) in [5, 5.41) is 6.54. The largest absolute Gasteiger partial charge is 0.497 e. The molecule has 2 aromatic rings. The molecular weight excluding hydrogens is 507 g/mol. The summed E-state index contributed by atoms with van der Waals surface area (Å²) < 4.78 is 11.2. The molecule has 7 nitrogen and oxygen atoms in total. The number of hydrogen-bond donors (Lipinski definition) is 2. The zero-order chi connectivity index (χ0) is 21.9. The smallest absolute Gasteiger partial charge is 0.253 e. The van der Waals surface area contributed by atoms with Crippen LogP contribution in [0.5, 0.6) is 11.5 Å². The Morgan fingerprint density at radius 1 is 1.10 bits per heavy atom. The lowest BCUT2D eigenvalue weighted by Gasteiger charge is -2.18. The van der Waals surface area contributed by atoms with E-state index in [4.69, 9.17) is 9.47 Å². The zero-order valence-corrected chi connectivity index (χ0v) is 21.2. The lowest BCUT2D eigenvalue weighted by molar-refractivity contribution is 0.0827. The van der Waals surface area contributed by atoms with E-state index < -0.39 is 0 Å². The van der Waals surface area contributed by atoms with Crippen molar-refractivity contribution in [3.05, 3.63) is 59.7 Å². The van der Waals surface area contributed by atoms with E-state index in [1.165, 1.54) is 0 Å². The topological polar surface area (TPSA) is 75.2 Å². The zero-order valence-electron chi connectivity index (χ0n) is 18.8. The highest BCUT2D eigenvalue weighted by molar-refractivity contribution is 14.0. The van der Waals surface area contributed by atoms with Crippen molar-refractivity contribution in [2.45, 2.75) is 26.5 Å². The predicted octanol–water partition coefficient (Wildman–Crippen LogP) is 3.54. The molecule has 2 N–H and O–H groups in total. The second kappa shape index (κ2) is 13.7. The third-order valence-corrected chi connectivity index (χ3v) is 4.31. The number of guanidine groups is 1. The summed E-state index contributed by atoms with van der Waals surface area (Å²) in [7, 11) is 5.12. The quantitative estimate of drug-likeness (QED) is 0.289. The molecule has 1 atom stereocenters. The van der Waals surface area contributed by atoms with Crippen LogP contribution >= 0.6 is 24.0 Å². The fourth-order valence-corrected chi connectivity index (χ4v) is 2.71. The number of rotatable bonds is 9. The van der Waals surface area contributed by atoms with Gasteiger partial charge in [-0.2, -0.15) is 0 Å². The van der Waals surface area contributed by atoms with E-state index >= 15 is 0 Å². The minimum Gasteiger partial charge on any atom is -0.497 e. The second-order valence-corrected chi connectivity index (χ2v) is 7.08. The Hall–Kier alpha value is -2.49. The maximum Gasteiger partial charge on any atom is 0.253 e. The van der Waals surface area contributed by atoms with Crippen LogP contribution in [0.15, 0.2) is 53.5 Å². The molecule has 31 heavy (non-hydrogen) atoms. The summed E-state index contributed by atoms with van der Waals surface area (Å²) in [6, 6.07) is 15.1. The van der Waals surface area contributed by atoms with Gasteiger partial charge in [0, 0.05) is 32.3 Å². The van der Waals surface area contributed by atoms with E-state index in [1.54, 1.807) is 26.1 Å². The van der Waals surface area contributed by atoms with Gasteiger partial charge in [0.1, 0.15) is 17.6 Å². The van der Waals surface area contributed by atoms with Gasteiger partial charge in [-0.05, 0) is 43.7 Å². The molecule has 0 radical (unpaired) electrons. The number of nitrogens with one attached hydrogen (secondary N) is 2. The molecule has 0 aliphatic rings. The summed E-state index contributed by atoms with van der Waals surface area (Å²) in [5.74, 6) is 2.23. The van der Waals surface area contributed by atoms with Gasteiger partial charge in [-0.15, -0.1) is 24.0 Å².